The molecule has 0 unspecified atom stereocenters. The summed E-state index contributed by atoms with van der Waals surface area (Å²) in [6, 6.07) is 12.8. The second-order valence-electron chi connectivity index (χ2n) is 5.48. The van der Waals surface area contributed by atoms with Crippen LogP contribution in [-0.2, 0) is 13.1 Å². The molecule has 0 saturated carbocycles. The molecule has 2 aromatic rings. The fraction of sp³-hybridized carbons (Fsp3) is 0.294. The van der Waals surface area contributed by atoms with E-state index in [4.69, 9.17) is 17.3 Å². The fourth-order valence-electron chi connectivity index (χ4n) is 2.15. The standard InChI is InChI=1S/C17H20ClFN2/c1-12(2)21(10-13-3-7-16(20)8-4-13)11-14-5-6-15(19)9-17(14)18/h3-9,12H,10-11,20H2,1-2H3. The summed E-state index contributed by atoms with van der Waals surface area (Å²) in [5.74, 6) is -0.307. The quantitative estimate of drug-likeness (QED) is 0.826. The first-order chi connectivity index (χ1) is 9.95. The molecule has 0 spiro atoms. The van der Waals surface area contributed by atoms with Gasteiger partial charge in [0.25, 0.3) is 0 Å². The largest absolute Gasteiger partial charge is 0.399 e. The zero-order valence-electron chi connectivity index (χ0n) is 12.3. The summed E-state index contributed by atoms with van der Waals surface area (Å²) < 4.78 is 13.1. The molecule has 112 valence electrons. The summed E-state index contributed by atoms with van der Waals surface area (Å²) in [5, 5.41) is 0.470. The molecular formula is C17H20ClFN2. The molecule has 0 radical (unpaired) electrons. The van der Waals surface area contributed by atoms with E-state index < -0.39 is 0 Å². The van der Waals surface area contributed by atoms with Crippen LogP contribution in [0, 0.1) is 5.82 Å². The van der Waals surface area contributed by atoms with Gasteiger partial charge in [-0.25, -0.2) is 4.39 Å². The minimum atomic E-state index is -0.307. The van der Waals surface area contributed by atoms with Crippen molar-refractivity contribution in [2.75, 3.05) is 5.73 Å². The van der Waals surface area contributed by atoms with Gasteiger partial charge >= 0.3 is 0 Å². The minimum Gasteiger partial charge on any atom is -0.399 e. The highest BCUT2D eigenvalue weighted by molar-refractivity contribution is 6.31. The van der Waals surface area contributed by atoms with Crippen LogP contribution in [-0.4, -0.2) is 10.9 Å². The highest BCUT2D eigenvalue weighted by Gasteiger charge is 2.13. The average molecular weight is 307 g/mol. The van der Waals surface area contributed by atoms with Gasteiger partial charge in [0, 0.05) is 29.8 Å². The lowest BCUT2D eigenvalue weighted by Crippen LogP contribution is -2.30. The average Bonchev–Trinajstić information content (AvgIpc) is 2.43. The molecule has 0 heterocycles. The first kappa shape index (κ1) is 15.8. The molecule has 0 aliphatic rings. The van der Waals surface area contributed by atoms with Crippen molar-refractivity contribution in [3.05, 3.63) is 64.4 Å². The topological polar surface area (TPSA) is 29.3 Å². The molecule has 2 nitrogen and oxygen atoms in total. The van der Waals surface area contributed by atoms with Gasteiger partial charge in [0.15, 0.2) is 0 Å². The number of nitrogens with zero attached hydrogens (tertiary/aromatic N) is 1. The minimum absolute atomic E-state index is 0.307. The predicted molar refractivity (Wildman–Crippen MR) is 86.6 cm³/mol. The van der Waals surface area contributed by atoms with Crippen LogP contribution in [0.4, 0.5) is 10.1 Å². The van der Waals surface area contributed by atoms with E-state index in [1.807, 2.05) is 24.3 Å². The molecule has 2 N–H and O–H groups in total. The second kappa shape index (κ2) is 6.92. The van der Waals surface area contributed by atoms with Gasteiger partial charge in [-0.05, 0) is 49.2 Å². The maximum absolute atomic E-state index is 13.1. The van der Waals surface area contributed by atoms with Crippen LogP contribution in [0.1, 0.15) is 25.0 Å². The lowest BCUT2D eigenvalue weighted by molar-refractivity contribution is 0.203. The molecule has 0 aliphatic heterocycles. The van der Waals surface area contributed by atoms with Gasteiger partial charge in [0.1, 0.15) is 5.82 Å². The zero-order valence-corrected chi connectivity index (χ0v) is 13.1. The van der Waals surface area contributed by atoms with Crippen LogP contribution in [0.25, 0.3) is 0 Å². The number of rotatable bonds is 5. The van der Waals surface area contributed by atoms with Gasteiger partial charge in [0.05, 0.1) is 0 Å². The van der Waals surface area contributed by atoms with Crippen molar-refractivity contribution in [1.82, 2.24) is 4.90 Å². The number of hydrogen-bond acceptors (Lipinski definition) is 2. The van der Waals surface area contributed by atoms with E-state index in [2.05, 4.69) is 18.7 Å². The fourth-order valence-corrected chi connectivity index (χ4v) is 2.37. The molecule has 0 fully saturated rings. The zero-order chi connectivity index (χ0) is 15.4. The molecule has 0 aromatic heterocycles. The third kappa shape index (κ3) is 4.45. The van der Waals surface area contributed by atoms with E-state index in [1.165, 1.54) is 17.7 Å². The Hall–Kier alpha value is -1.58. The SMILES string of the molecule is CC(C)N(Cc1ccc(N)cc1)Cc1ccc(F)cc1Cl. The van der Waals surface area contributed by atoms with Crippen molar-refractivity contribution >= 4 is 17.3 Å². The van der Waals surface area contributed by atoms with E-state index in [0.29, 0.717) is 17.6 Å². The Bertz CT molecular complexity index is 596. The van der Waals surface area contributed by atoms with Crippen molar-refractivity contribution in [2.24, 2.45) is 0 Å². The van der Waals surface area contributed by atoms with Crippen LogP contribution in [0.5, 0.6) is 0 Å². The molecule has 4 heteroatoms. The molecule has 0 saturated heterocycles. The number of nitrogens with two attached hydrogens (primary N) is 1. The summed E-state index contributed by atoms with van der Waals surface area (Å²) in [4.78, 5) is 2.28. The Morgan fingerprint density at radius 1 is 1.10 bits per heavy atom. The van der Waals surface area contributed by atoms with Crippen molar-refractivity contribution in [2.45, 2.75) is 33.0 Å². The van der Waals surface area contributed by atoms with Crippen molar-refractivity contribution in [1.29, 1.82) is 0 Å². The summed E-state index contributed by atoms with van der Waals surface area (Å²) in [7, 11) is 0. The first-order valence-corrected chi connectivity index (χ1v) is 7.36. The van der Waals surface area contributed by atoms with Crippen LogP contribution in [0.3, 0.4) is 0 Å². The lowest BCUT2D eigenvalue weighted by Gasteiger charge is -2.27. The highest BCUT2D eigenvalue weighted by Crippen LogP contribution is 2.21. The smallest absolute Gasteiger partial charge is 0.124 e. The number of anilines is 1. The van der Waals surface area contributed by atoms with Crippen LogP contribution in [0.15, 0.2) is 42.5 Å². The Morgan fingerprint density at radius 2 is 1.76 bits per heavy atom. The lowest BCUT2D eigenvalue weighted by atomic mass is 10.1. The van der Waals surface area contributed by atoms with Crippen LogP contribution >= 0.6 is 11.6 Å². The summed E-state index contributed by atoms with van der Waals surface area (Å²) in [6.45, 7) is 5.75. The van der Waals surface area contributed by atoms with Gasteiger partial charge in [0.2, 0.25) is 0 Å². The molecule has 2 aromatic carbocycles. The molecular weight excluding hydrogens is 287 g/mol. The van der Waals surface area contributed by atoms with E-state index in [1.54, 1.807) is 6.07 Å². The first-order valence-electron chi connectivity index (χ1n) is 6.98. The van der Waals surface area contributed by atoms with Crippen LogP contribution < -0.4 is 5.73 Å². The Labute approximate surface area is 130 Å². The Balaban J connectivity index is 2.13. The third-order valence-electron chi connectivity index (χ3n) is 3.48. The molecule has 0 bridgehead atoms. The van der Waals surface area contributed by atoms with E-state index in [-0.39, 0.29) is 5.82 Å². The van der Waals surface area contributed by atoms with Gasteiger partial charge in [-0.15, -0.1) is 0 Å². The number of benzene rings is 2. The van der Waals surface area contributed by atoms with E-state index >= 15 is 0 Å². The van der Waals surface area contributed by atoms with Gasteiger partial charge in [-0.2, -0.15) is 0 Å². The summed E-state index contributed by atoms with van der Waals surface area (Å²) in [6.07, 6.45) is 0. The molecule has 21 heavy (non-hydrogen) atoms. The van der Waals surface area contributed by atoms with Gasteiger partial charge < -0.3 is 5.73 Å². The van der Waals surface area contributed by atoms with Crippen molar-refractivity contribution in [3.8, 4) is 0 Å². The second-order valence-corrected chi connectivity index (χ2v) is 5.88. The molecule has 2 rings (SSSR count). The molecule has 0 amide bonds. The van der Waals surface area contributed by atoms with Crippen LogP contribution in [0.2, 0.25) is 5.02 Å². The Kier molecular flexibility index (Phi) is 5.21. The maximum atomic E-state index is 13.1. The molecule has 0 aliphatic carbocycles. The number of halogens is 2. The van der Waals surface area contributed by atoms with E-state index in [9.17, 15) is 4.39 Å². The predicted octanol–water partition coefficient (Wildman–Crippen LogP) is 4.47. The Morgan fingerprint density at radius 3 is 2.33 bits per heavy atom. The van der Waals surface area contributed by atoms with Gasteiger partial charge in [-0.3, -0.25) is 4.90 Å². The normalized spacial score (nSPS) is 11.3. The van der Waals surface area contributed by atoms with Gasteiger partial charge in [-0.1, -0.05) is 29.8 Å². The van der Waals surface area contributed by atoms with Crippen molar-refractivity contribution < 1.29 is 4.39 Å². The number of nitrogen functional groups attached to an aromatic ring is 1. The molecule has 0 atom stereocenters. The third-order valence-corrected chi connectivity index (χ3v) is 3.84. The summed E-state index contributed by atoms with van der Waals surface area (Å²) in [5.41, 5.74) is 8.59. The monoisotopic (exact) mass is 306 g/mol. The maximum Gasteiger partial charge on any atom is 0.124 e. The number of hydrogen-bond donors (Lipinski definition) is 1. The highest BCUT2D eigenvalue weighted by atomic mass is 35.5. The van der Waals surface area contributed by atoms with E-state index in [0.717, 1.165) is 17.8 Å². The van der Waals surface area contributed by atoms with Crippen molar-refractivity contribution in [3.63, 3.8) is 0 Å². The summed E-state index contributed by atoms with van der Waals surface area (Å²) >= 11 is 6.12.